The van der Waals surface area contributed by atoms with Crippen LogP contribution in [0, 0.1) is 29.1 Å². The molecule has 0 radical (unpaired) electrons. The highest BCUT2D eigenvalue weighted by Crippen LogP contribution is 2.36. The van der Waals surface area contributed by atoms with Gasteiger partial charge in [0, 0.05) is 6.04 Å². The van der Waals surface area contributed by atoms with Gasteiger partial charge >= 0.3 is 0 Å². The highest BCUT2D eigenvalue weighted by molar-refractivity contribution is 4.98. The molecule has 1 heterocycles. The normalized spacial score (nSPS) is 33.0. The van der Waals surface area contributed by atoms with Crippen LogP contribution in [-0.2, 0) is 0 Å². The quantitative estimate of drug-likeness (QED) is 0.733. The highest BCUT2D eigenvalue weighted by Gasteiger charge is 2.35. The molecule has 1 aliphatic carbocycles. The van der Waals surface area contributed by atoms with Crippen LogP contribution in [0.25, 0.3) is 0 Å². The minimum atomic E-state index is 0.297. The lowest BCUT2D eigenvalue weighted by molar-refractivity contribution is 0.0640. The summed E-state index contributed by atoms with van der Waals surface area (Å²) in [6, 6.07) is 3.17. The molecular weight excluding hydrogens is 244 g/mol. The van der Waals surface area contributed by atoms with Gasteiger partial charge < -0.3 is 0 Å². The SMILES string of the molecule is CCCC1CCN(C2CC(CCC)CCC2C#N)CC1. The molecule has 2 fully saturated rings. The zero-order valence-electron chi connectivity index (χ0n) is 13.5. The fraction of sp³-hybridized carbons (Fsp3) is 0.944. The molecule has 20 heavy (non-hydrogen) atoms. The zero-order valence-corrected chi connectivity index (χ0v) is 13.5. The maximum Gasteiger partial charge on any atom is 0.0672 e. The van der Waals surface area contributed by atoms with E-state index < -0.39 is 0 Å². The van der Waals surface area contributed by atoms with Crippen molar-refractivity contribution in [1.29, 1.82) is 5.26 Å². The van der Waals surface area contributed by atoms with E-state index in [1.165, 1.54) is 64.5 Å². The number of rotatable bonds is 5. The maximum absolute atomic E-state index is 9.47. The predicted molar refractivity (Wildman–Crippen MR) is 84.3 cm³/mol. The van der Waals surface area contributed by atoms with Gasteiger partial charge in [-0.3, -0.25) is 4.90 Å². The third-order valence-corrected chi connectivity index (χ3v) is 5.60. The molecule has 0 amide bonds. The Hall–Kier alpha value is -0.550. The summed E-state index contributed by atoms with van der Waals surface area (Å²) in [7, 11) is 0. The molecule has 0 spiro atoms. The van der Waals surface area contributed by atoms with E-state index in [1.54, 1.807) is 0 Å². The predicted octanol–water partition coefficient (Wildman–Crippen LogP) is 4.61. The van der Waals surface area contributed by atoms with Crippen LogP contribution in [0.3, 0.4) is 0 Å². The zero-order chi connectivity index (χ0) is 14.4. The van der Waals surface area contributed by atoms with Crippen LogP contribution >= 0.6 is 0 Å². The first-order valence-corrected chi connectivity index (χ1v) is 8.92. The van der Waals surface area contributed by atoms with Crippen LogP contribution < -0.4 is 0 Å². The summed E-state index contributed by atoms with van der Waals surface area (Å²) < 4.78 is 0. The third kappa shape index (κ3) is 3.98. The minimum Gasteiger partial charge on any atom is -0.299 e. The topological polar surface area (TPSA) is 27.0 Å². The molecule has 0 N–H and O–H groups in total. The van der Waals surface area contributed by atoms with Crippen LogP contribution in [0.15, 0.2) is 0 Å². The second-order valence-corrected chi connectivity index (χ2v) is 7.04. The van der Waals surface area contributed by atoms with E-state index in [2.05, 4.69) is 24.8 Å². The smallest absolute Gasteiger partial charge is 0.0672 e. The Bertz CT molecular complexity index is 312. The van der Waals surface area contributed by atoms with Crippen molar-refractivity contribution in [2.75, 3.05) is 13.1 Å². The van der Waals surface area contributed by atoms with Gasteiger partial charge in [0.25, 0.3) is 0 Å². The number of hydrogen-bond acceptors (Lipinski definition) is 2. The summed E-state index contributed by atoms with van der Waals surface area (Å²) in [6.45, 7) is 7.08. The van der Waals surface area contributed by atoms with E-state index in [4.69, 9.17) is 0 Å². The van der Waals surface area contributed by atoms with Gasteiger partial charge in [0.15, 0.2) is 0 Å². The first kappa shape index (κ1) is 15.8. The molecule has 2 nitrogen and oxygen atoms in total. The molecule has 3 atom stereocenters. The first-order chi connectivity index (χ1) is 9.78. The van der Waals surface area contributed by atoms with Gasteiger partial charge in [-0.15, -0.1) is 0 Å². The van der Waals surface area contributed by atoms with E-state index in [9.17, 15) is 5.26 Å². The molecule has 1 saturated heterocycles. The molecule has 0 aromatic heterocycles. The second-order valence-electron chi connectivity index (χ2n) is 7.04. The van der Waals surface area contributed by atoms with E-state index in [0.717, 1.165) is 18.3 Å². The van der Waals surface area contributed by atoms with Crippen molar-refractivity contribution >= 4 is 0 Å². The summed E-state index contributed by atoms with van der Waals surface area (Å²) in [6.07, 6.45) is 11.8. The Balaban J connectivity index is 1.89. The van der Waals surface area contributed by atoms with Crippen molar-refractivity contribution in [1.82, 2.24) is 4.90 Å². The highest BCUT2D eigenvalue weighted by atomic mass is 15.2. The van der Waals surface area contributed by atoms with Gasteiger partial charge in [-0.1, -0.05) is 39.5 Å². The number of likely N-dealkylation sites (tertiary alicyclic amines) is 1. The molecule has 0 bridgehead atoms. The Morgan fingerprint density at radius 2 is 1.60 bits per heavy atom. The van der Waals surface area contributed by atoms with Crippen molar-refractivity contribution in [3.63, 3.8) is 0 Å². The standard InChI is InChI=1S/C18H32N2/c1-3-5-15-9-11-20(12-10-15)18-13-16(6-4-2)7-8-17(18)14-19/h15-18H,3-13H2,1-2H3. The van der Waals surface area contributed by atoms with Crippen molar-refractivity contribution in [2.24, 2.45) is 17.8 Å². The van der Waals surface area contributed by atoms with Crippen LogP contribution in [0.1, 0.15) is 71.6 Å². The van der Waals surface area contributed by atoms with Crippen molar-refractivity contribution in [3.05, 3.63) is 0 Å². The van der Waals surface area contributed by atoms with Crippen LogP contribution in [0.4, 0.5) is 0 Å². The van der Waals surface area contributed by atoms with Gasteiger partial charge in [-0.25, -0.2) is 0 Å². The molecule has 2 aliphatic rings. The lowest BCUT2D eigenvalue weighted by atomic mass is 9.75. The average Bonchev–Trinajstić information content (AvgIpc) is 2.49. The Labute approximate surface area is 125 Å². The maximum atomic E-state index is 9.47. The molecule has 0 aromatic rings. The molecule has 2 heteroatoms. The Morgan fingerprint density at radius 3 is 2.20 bits per heavy atom. The summed E-state index contributed by atoms with van der Waals surface area (Å²) in [5, 5.41) is 9.47. The van der Waals surface area contributed by atoms with E-state index in [0.29, 0.717) is 12.0 Å². The van der Waals surface area contributed by atoms with Crippen molar-refractivity contribution in [2.45, 2.75) is 77.7 Å². The summed E-state index contributed by atoms with van der Waals surface area (Å²) in [5.74, 6) is 2.13. The largest absolute Gasteiger partial charge is 0.299 e. The molecule has 0 aromatic carbocycles. The van der Waals surface area contributed by atoms with Crippen molar-refractivity contribution < 1.29 is 0 Å². The minimum absolute atomic E-state index is 0.297. The van der Waals surface area contributed by atoms with E-state index >= 15 is 0 Å². The van der Waals surface area contributed by atoms with Crippen LogP contribution in [0.2, 0.25) is 0 Å². The van der Waals surface area contributed by atoms with Crippen LogP contribution in [-0.4, -0.2) is 24.0 Å². The second kappa shape index (κ2) is 8.03. The Kier molecular flexibility index (Phi) is 6.36. The van der Waals surface area contributed by atoms with Gasteiger partial charge in [0.05, 0.1) is 12.0 Å². The molecular formula is C18H32N2. The number of hydrogen-bond donors (Lipinski definition) is 0. The number of nitrogens with zero attached hydrogens (tertiary/aromatic N) is 2. The van der Waals surface area contributed by atoms with E-state index in [-0.39, 0.29) is 0 Å². The molecule has 1 aliphatic heterocycles. The van der Waals surface area contributed by atoms with Crippen LogP contribution in [0.5, 0.6) is 0 Å². The molecule has 1 saturated carbocycles. The van der Waals surface area contributed by atoms with Gasteiger partial charge in [-0.05, 0) is 57.0 Å². The number of nitriles is 1. The van der Waals surface area contributed by atoms with Gasteiger partial charge in [0.2, 0.25) is 0 Å². The number of piperidine rings is 1. The fourth-order valence-corrected chi connectivity index (χ4v) is 4.44. The first-order valence-electron chi connectivity index (χ1n) is 8.92. The summed E-state index contributed by atoms with van der Waals surface area (Å²) in [5.41, 5.74) is 0. The van der Waals surface area contributed by atoms with Gasteiger partial charge in [-0.2, -0.15) is 5.26 Å². The fourth-order valence-electron chi connectivity index (χ4n) is 4.44. The third-order valence-electron chi connectivity index (χ3n) is 5.60. The molecule has 3 unspecified atom stereocenters. The average molecular weight is 276 g/mol. The van der Waals surface area contributed by atoms with Gasteiger partial charge in [0.1, 0.15) is 0 Å². The monoisotopic (exact) mass is 276 g/mol. The summed E-state index contributed by atoms with van der Waals surface area (Å²) in [4.78, 5) is 2.67. The van der Waals surface area contributed by atoms with E-state index in [1.807, 2.05) is 0 Å². The van der Waals surface area contributed by atoms with Crippen molar-refractivity contribution in [3.8, 4) is 6.07 Å². The Morgan fingerprint density at radius 1 is 0.950 bits per heavy atom. The lowest BCUT2D eigenvalue weighted by Crippen LogP contribution is -2.47. The lowest BCUT2D eigenvalue weighted by Gasteiger charge is -2.43. The summed E-state index contributed by atoms with van der Waals surface area (Å²) >= 11 is 0. The molecule has 114 valence electrons. The molecule has 2 rings (SSSR count).